The first-order chi connectivity index (χ1) is 18.4. The van der Waals surface area contributed by atoms with Crippen molar-refractivity contribution >= 4 is 33.3 Å². The van der Waals surface area contributed by atoms with Crippen LogP contribution in [-0.4, -0.2) is 40.3 Å². The number of aliphatic hydroxyl groups excluding tert-OH is 1. The quantitative estimate of drug-likeness (QED) is 0.172. The Morgan fingerprint density at radius 3 is 2.50 bits per heavy atom. The summed E-state index contributed by atoms with van der Waals surface area (Å²) in [5.74, 6) is 0.194. The predicted molar refractivity (Wildman–Crippen MR) is 144 cm³/mol. The van der Waals surface area contributed by atoms with Crippen LogP contribution in [0.3, 0.4) is 0 Å². The number of pyridine rings is 1. The van der Waals surface area contributed by atoms with Crippen LogP contribution in [0.2, 0.25) is 0 Å². The number of aromatic nitrogens is 1. The number of carbonyl (C=O) groups is 1. The fourth-order valence-corrected chi connectivity index (χ4v) is 4.11. The first-order valence-corrected chi connectivity index (χ1v) is 12.8. The minimum absolute atomic E-state index is 0.0229. The van der Waals surface area contributed by atoms with Crippen molar-refractivity contribution in [2.75, 3.05) is 18.4 Å². The molecule has 1 aliphatic heterocycles. The number of aliphatic hydroxyl groups is 1. The van der Waals surface area contributed by atoms with E-state index in [0.29, 0.717) is 25.4 Å². The number of rotatable bonds is 11. The van der Waals surface area contributed by atoms with E-state index in [2.05, 4.69) is 31.5 Å². The van der Waals surface area contributed by atoms with Crippen molar-refractivity contribution in [1.29, 1.82) is 0 Å². The molecule has 0 unspecified atom stereocenters. The third kappa shape index (κ3) is 7.60. The van der Waals surface area contributed by atoms with Gasteiger partial charge in [-0.3, -0.25) is 14.9 Å². The van der Waals surface area contributed by atoms with Gasteiger partial charge in [-0.2, -0.15) is 0 Å². The first-order valence-electron chi connectivity index (χ1n) is 12.0. The van der Waals surface area contributed by atoms with Crippen molar-refractivity contribution in [3.63, 3.8) is 0 Å². The van der Waals surface area contributed by atoms with Crippen molar-refractivity contribution in [1.82, 2.24) is 10.3 Å². The predicted octanol–water partition coefficient (Wildman–Crippen LogP) is 4.40. The summed E-state index contributed by atoms with van der Waals surface area (Å²) < 4.78 is 12.9. The van der Waals surface area contributed by atoms with E-state index in [-0.39, 0.29) is 36.4 Å². The van der Waals surface area contributed by atoms with Gasteiger partial charge in [0, 0.05) is 36.0 Å². The number of nitro groups is 1. The van der Waals surface area contributed by atoms with Crippen LogP contribution in [-0.2, 0) is 27.5 Å². The average Bonchev–Trinajstić information content (AvgIpc) is 2.95. The molecular formula is C27H27BrN4O6. The van der Waals surface area contributed by atoms with Gasteiger partial charge in [-0.25, -0.2) is 4.98 Å². The van der Waals surface area contributed by atoms with Gasteiger partial charge in [-0.15, -0.1) is 0 Å². The third-order valence-corrected chi connectivity index (χ3v) is 6.42. The monoisotopic (exact) mass is 582 g/mol. The minimum atomic E-state index is -0.630. The van der Waals surface area contributed by atoms with Crippen molar-refractivity contribution < 1.29 is 24.3 Å². The number of hydrogen-bond donors (Lipinski definition) is 3. The number of halogens is 1. The van der Waals surface area contributed by atoms with E-state index in [1.54, 1.807) is 6.08 Å². The lowest BCUT2D eigenvalue weighted by molar-refractivity contribution is -0.385. The molecule has 1 aromatic heterocycles. The van der Waals surface area contributed by atoms with E-state index in [0.717, 1.165) is 21.2 Å². The lowest BCUT2D eigenvalue weighted by atomic mass is 9.93. The van der Waals surface area contributed by atoms with E-state index >= 15 is 0 Å². The van der Waals surface area contributed by atoms with Crippen LogP contribution in [0.1, 0.15) is 29.0 Å². The molecule has 38 heavy (non-hydrogen) atoms. The molecule has 2 atom stereocenters. The lowest BCUT2D eigenvalue weighted by Gasteiger charge is -2.29. The summed E-state index contributed by atoms with van der Waals surface area (Å²) in [6.45, 7) is 0.920. The molecule has 0 spiro atoms. The highest BCUT2D eigenvalue weighted by molar-refractivity contribution is 9.10. The van der Waals surface area contributed by atoms with Gasteiger partial charge in [-0.1, -0.05) is 52.3 Å². The van der Waals surface area contributed by atoms with Crippen LogP contribution < -0.4 is 10.6 Å². The molecule has 0 fully saturated rings. The Bertz CT molecular complexity index is 1270. The van der Waals surface area contributed by atoms with E-state index in [9.17, 15) is 20.0 Å². The van der Waals surface area contributed by atoms with E-state index in [1.165, 1.54) is 18.3 Å². The number of anilines is 1. The van der Waals surface area contributed by atoms with Crippen molar-refractivity contribution in [3.8, 4) is 0 Å². The summed E-state index contributed by atoms with van der Waals surface area (Å²) in [4.78, 5) is 27.2. The molecule has 0 saturated carbocycles. The summed E-state index contributed by atoms with van der Waals surface area (Å²) in [5, 5.41) is 25.8. The average molecular weight is 583 g/mol. The molecule has 0 saturated heterocycles. The molecule has 198 valence electrons. The number of carbonyl (C=O) groups excluding carboxylic acids is 1. The Kier molecular flexibility index (Phi) is 9.41. The number of ether oxygens (including phenoxy) is 2. The summed E-state index contributed by atoms with van der Waals surface area (Å²) >= 11 is 3.45. The van der Waals surface area contributed by atoms with Gasteiger partial charge < -0.3 is 25.2 Å². The molecule has 2 heterocycles. The molecule has 1 aliphatic rings. The molecular weight excluding hydrogens is 556 g/mol. The maximum Gasteiger partial charge on any atom is 0.287 e. The fraction of sp³-hybridized carbons (Fsp3) is 0.259. The number of hydrogen-bond acceptors (Lipinski definition) is 8. The SMILES string of the molecule is O=C(NCCNc1ccc([N+](=O)[O-])cn1)C1=C[C@H](c2ccc(Br)cc2)C[C@H](OCc2ccc(CO)cc2)O1. The molecule has 11 heteroatoms. The van der Waals surface area contributed by atoms with Crippen molar-refractivity contribution in [3.05, 3.63) is 110 Å². The maximum atomic E-state index is 12.9. The van der Waals surface area contributed by atoms with E-state index in [1.807, 2.05) is 48.5 Å². The van der Waals surface area contributed by atoms with Crippen LogP contribution >= 0.6 is 15.9 Å². The molecule has 0 bridgehead atoms. The highest BCUT2D eigenvalue weighted by Crippen LogP contribution is 2.32. The normalized spacial score (nSPS) is 16.7. The van der Waals surface area contributed by atoms with E-state index < -0.39 is 11.2 Å². The van der Waals surface area contributed by atoms with Crippen molar-refractivity contribution in [2.45, 2.75) is 31.8 Å². The Morgan fingerprint density at radius 2 is 1.84 bits per heavy atom. The second kappa shape index (κ2) is 13.1. The molecule has 3 aromatic rings. The Hall–Kier alpha value is -3.80. The zero-order valence-electron chi connectivity index (χ0n) is 20.4. The van der Waals surface area contributed by atoms with Gasteiger partial charge in [0.1, 0.15) is 12.0 Å². The number of amides is 1. The smallest absolute Gasteiger partial charge is 0.287 e. The van der Waals surface area contributed by atoms with Crippen LogP contribution in [0.4, 0.5) is 11.5 Å². The second-order valence-corrected chi connectivity index (χ2v) is 9.51. The molecule has 3 N–H and O–H groups in total. The van der Waals surface area contributed by atoms with Crippen LogP contribution in [0.25, 0.3) is 0 Å². The number of allylic oxidation sites excluding steroid dienone is 1. The zero-order chi connectivity index (χ0) is 26.9. The summed E-state index contributed by atoms with van der Waals surface area (Å²) in [6, 6.07) is 18.2. The molecule has 0 aliphatic carbocycles. The Balaban J connectivity index is 1.36. The maximum absolute atomic E-state index is 12.9. The number of benzene rings is 2. The Morgan fingerprint density at radius 1 is 1.11 bits per heavy atom. The zero-order valence-corrected chi connectivity index (χ0v) is 22.0. The van der Waals surface area contributed by atoms with Crippen LogP contribution in [0.15, 0.2) is 83.2 Å². The van der Waals surface area contributed by atoms with Gasteiger partial charge in [0.05, 0.1) is 18.1 Å². The third-order valence-electron chi connectivity index (χ3n) is 5.90. The number of nitrogens with one attached hydrogen (secondary N) is 2. The van der Waals surface area contributed by atoms with Gasteiger partial charge in [0.2, 0.25) is 6.29 Å². The highest BCUT2D eigenvalue weighted by Gasteiger charge is 2.28. The first kappa shape index (κ1) is 27.2. The summed E-state index contributed by atoms with van der Waals surface area (Å²) in [6.07, 6.45) is 2.89. The molecule has 0 radical (unpaired) electrons. The van der Waals surface area contributed by atoms with Gasteiger partial charge in [0.15, 0.2) is 5.76 Å². The van der Waals surface area contributed by atoms with Crippen LogP contribution in [0, 0.1) is 10.1 Å². The highest BCUT2D eigenvalue weighted by atomic mass is 79.9. The van der Waals surface area contributed by atoms with Crippen LogP contribution in [0.5, 0.6) is 0 Å². The summed E-state index contributed by atoms with van der Waals surface area (Å²) in [5.41, 5.74) is 2.69. The topological polar surface area (TPSA) is 136 Å². The van der Waals surface area contributed by atoms with Gasteiger partial charge in [-0.05, 0) is 41.0 Å². The number of nitrogens with zero attached hydrogens (tertiary/aromatic N) is 2. The van der Waals surface area contributed by atoms with Gasteiger partial charge in [0.25, 0.3) is 11.6 Å². The Labute approximate surface area is 228 Å². The molecule has 4 rings (SSSR count). The standard InChI is InChI=1S/C27H27BrN4O6/c28-22-7-5-20(6-8-22)21-13-24(38-26(14-21)37-17-19-3-1-18(16-33)2-4-19)27(34)30-12-11-29-25-10-9-23(15-31-25)32(35)36/h1-10,13,15,21,26,33H,11-12,14,16-17H2,(H,29,31)(H,30,34)/t21-,26+/m0/s1. The van der Waals surface area contributed by atoms with E-state index in [4.69, 9.17) is 9.47 Å². The lowest BCUT2D eigenvalue weighted by Crippen LogP contribution is -2.35. The van der Waals surface area contributed by atoms with Crippen molar-refractivity contribution in [2.24, 2.45) is 0 Å². The molecule has 10 nitrogen and oxygen atoms in total. The fourth-order valence-electron chi connectivity index (χ4n) is 3.84. The summed E-state index contributed by atoms with van der Waals surface area (Å²) in [7, 11) is 0. The second-order valence-electron chi connectivity index (χ2n) is 8.60. The van der Waals surface area contributed by atoms with Gasteiger partial charge >= 0.3 is 0 Å². The largest absolute Gasteiger partial charge is 0.459 e. The molecule has 2 aromatic carbocycles. The molecule has 1 amide bonds. The minimum Gasteiger partial charge on any atom is -0.459 e.